The first-order valence-corrected chi connectivity index (χ1v) is 7.79. The van der Waals surface area contributed by atoms with Crippen molar-refractivity contribution in [2.24, 2.45) is 0 Å². The minimum Gasteiger partial charge on any atom is -0.343 e. The normalized spacial score (nSPS) is 14.3. The molecule has 3 aromatic rings. The minimum atomic E-state index is -0.472. The Balaban J connectivity index is 1.86. The lowest BCUT2D eigenvalue weighted by atomic mass is 10.0. The van der Waals surface area contributed by atoms with Gasteiger partial charge in [0.2, 0.25) is 0 Å². The van der Waals surface area contributed by atoms with E-state index in [-0.39, 0.29) is 5.56 Å². The van der Waals surface area contributed by atoms with Crippen molar-refractivity contribution in [1.82, 2.24) is 9.88 Å². The van der Waals surface area contributed by atoms with Crippen molar-refractivity contribution in [3.8, 4) is 17.2 Å². The Morgan fingerprint density at radius 1 is 1.04 bits per heavy atom. The van der Waals surface area contributed by atoms with Crippen LogP contribution in [-0.2, 0) is 13.0 Å². The molecule has 2 heterocycles. The van der Waals surface area contributed by atoms with Crippen molar-refractivity contribution in [2.75, 3.05) is 13.1 Å². The third-order valence-corrected chi connectivity index (χ3v) is 4.48. The van der Waals surface area contributed by atoms with Gasteiger partial charge in [0.1, 0.15) is 11.9 Å². The van der Waals surface area contributed by atoms with Crippen LogP contribution in [0, 0.1) is 17.1 Å². The molecule has 1 N–H and O–H groups in total. The maximum Gasteiger partial charge on any atom is 0.140 e. The summed E-state index contributed by atoms with van der Waals surface area (Å²) in [5.74, 6) is -0.472. The first kappa shape index (κ1) is 14.0. The van der Waals surface area contributed by atoms with E-state index in [4.69, 9.17) is 5.26 Å². The summed E-state index contributed by atoms with van der Waals surface area (Å²) < 4.78 is 15.9. The van der Waals surface area contributed by atoms with Gasteiger partial charge < -0.3 is 9.88 Å². The molecular formula is C19H16FN3. The van der Waals surface area contributed by atoms with E-state index in [9.17, 15) is 4.39 Å². The number of nitriles is 1. The molecule has 0 bridgehead atoms. The predicted molar refractivity (Wildman–Crippen MR) is 88.6 cm³/mol. The zero-order valence-corrected chi connectivity index (χ0v) is 12.6. The number of hydrogen-bond acceptors (Lipinski definition) is 2. The van der Waals surface area contributed by atoms with E-state index in [0.717, 1.165) is 37.2 Å². The van der Waals surface area contributed by atoms with Crippen LogP contribution in [-0.4, -0.2) is 17.7 Å². The third-order valence-electron chi connectivity index (χ3n) is 4.48. The molecule has 1 aromatic heterocycles. The van der Waals surface area contributed by atoms with E-state index in [0.29, 0.717) is 0 Å². The Kier molecular flexibility index (Phi) is 3.36. The molecule has 0 spiro atoms. The highest BCUT2D eigenvalue weighted by Crippen LogP contribution is 2.28. The molecular weight excluding hydrogens is 289 g/mol. The Morgan fingerprint density at radius 3 is 2.74 bits per heavy atom. The Morgan fingerprint density at radius 2 is 1.87 bits per heavy atom. The smallest absolute Gasteiger partial charge is 0.140 e. The van der Waals surface area contributed by atoms with Crippen molar-refractivity contribution < 1.29 is 4.39 Å². The van der Waals surface area contributed by atoms with Crippen LogP contribution in [0.5, 0.6) is 0 Å². The van der Waals surface area contributed by atoms with Gasteiger partial charge in [0.15, 0.2) is 0 Å². The number of nitrogens with one attached hydrogen (secondary N) is 1. The van der Waals surface area contributed by atoms with Gasteiger partial charge in [-0.3, -0.25) is 0 Å². The fraction of sp³-hybridized carbons (Fsp3) is 0.211. The molecule has 3 nitrogen and oxygen atoms in total. The molecule has 1 aliphatic heterocycles. The average Bonchev–Trinajstić information content (AvgIpc) is 2.76. The van der Waals surface area contributed by atoms with E-state index in [1.165, 1.54) is 22.7 Å². The van der Waals surface area contributed by atoms with Crippen molar-refractivity contribution in [3.63, 3.8) is 0 Å². The van der Waals surface area contributed by atoms with Gasteiger partial charge in [0, 0.05) is 37.3 Å². The maximum absolute atomic E-state index is 13.5. The molecule has 0 aliphatic carbocycles. The van der Waals surface area contributed by atoms with E-state index < -0.39 is 5.82 Å². The Labute approximate surface area is 134 Å². The SMILES string of the molecule is N#Cc1cc(-c2ccc3cc4n(c3c2)CCNCC4)ccc1F. The first-order valence-electron chi connectivity index (χ1n) is 7.79. The molecule has 1 aliphatic rings. The van der Waals surface area contributed by atoms with Gasteiger partial charge in [-0.2, -0.15) is 5.26 Å². The molecule has 23 heavy (non-hydrogen) atoms. The Bertz CT molecular complexity index is 934. The van der Waals surface area contributed by atoms with Crippen molar-refractivity contribution >= 4 is 10.9 Å². The van der Waals surface area contributed by atoms with Crippen LogP contribution in [0.3, 0.4) is 0 Å². The molecule has 114 valence electrons. The molecule has 2 aromatic carbocycles. The van der Waals surface area contributed by atoms with Crippen molar-refractivity contribution in [1.29, 1.82) is 5.26 Å². The standard InChI is InChI=1S/C19H16FN3/c20-18-4-3-13(9-16(18)12-21)14-1-2-15-10-17-5-6-22-7-8-23(17)19(15)11-14/h1-4,9-11,22H,5-8H2. The number of fused-ring (bicyclic) bond motifs is 3. The van der Waals surface area contributed by atoms with Crippen LogP contribution in [0.25, 0.3) is 22.0 Å². The highest BCUT2D eigenvalue weighted by atomic mass is 19.1. The predicted octanol–water partition coefficient (Wildman–Crippen LogP) is 3.46. The van der Waals surface area contributed by atoms with Crippen LogP contribution < -0.4 is 5.32 Å². The lowest BCUT2D eigenvalue weighted by molar-refractivity contribution is 0.624. The van der Waals surface area contributed by atoms with E-state index in [1.807, 2.05) is 12.1 Å². The average molecular weight is 305 g/mol. The fourth-order valence-corrected chi connectivity index (χ4v) is 3.29. The van der Waals surface area contributed by atoms with Crippen LogP contribution in [0.1, 0.15) is 11.3 Å². The van der Waals surface area contributed by atoms with Crippen LogP contribution >= 0.6 is 0 Å². The summed E-state index contributed by atoms with van der Waals surface area (Å²) in [5, 5.41) is 13.7. The number of benzene rings is 2. The highest BCUT2D eigenvalue weighted by molar-refractivity contribution is 5.86. The van der Waals surface area contributed by atoms with Crippen LogP contribution in [0.4, 0.5) is 4.39 Å². The second kappa shape index (κ2) is 5.53. The molecule has 0 saturated carbocycles. The van der Waals surface area contributed by atoms with E-state index >= 15 is 0 Å². The number of rotatable bonds is 1. The molecule has 4 heteroatoms. The highest BCUT2D eigenvalue weighted by Gasteiger charge is 2.13. The van der Waals surface area contributed by atoms with E-state index in [1.54, 1.807) is 12.1 Å². The largest absolute Gasteiger partial charge is 0.343 e. The fourth-order valence-electron chi connectivity index (χ4n) is 3.29. The number of nitrogens with zero attached hydrogens (tertiary/aromatic N) is 2. The van der Waals surface area contributed by atoms with Gasteiger partial charge in [-0.25, -0.2) is 4.39 Å². The van der Waals surface area contributed by atoms with Crippen LogP contribution in [0.15, 0.2) is 42.5 Å². The summed E-state index contributed by atoms with van der Waals surface area (Å²) in [4.78, 5) is 0. The monoisotopic (exact) mass is 305 g/mol. The molecule has 0 saturated heterocycles. The summed E-state index contributed by atoms with van der Waals surface area (Å²) in [7, 11) is 0. The van der Waals surface area contributed by atoms with E-state index in [2.05, 4.69) is 28.1 Å². The zero-order valence-electron chi connectivity index (χ0n) is 12.6. The summed E-state index contributed by atoms with van der Waals surface area (Å²) >= 11 is 0. The molecule has 0 unspecified atom stereocenters. The minimum absolute atomic E-state index is 0.0841. The van der Waals surface area contributed by atoms with Crippen LogP contribution in [0.2, 0.25) is 0 Å². The van der Waals surface area contributed by atoms with Gasteiger partial charge >= 0.3 is 0 Å². The summed E-state index contributed by atoms with van der Waals surface area (Å²) in [6.07, 6.45) is 1.03. The second-order valence-corrected chi connectivity index (χ2v) is 5.87. The zero-order chi connectivity index (χ0) is 15.8. The molecule has 0 radical (unpaired) electrons. The van der Waals surface area contributed by atoms with Gasteiger partial charge in [0.05, 0.1) is 5.56 Å². The third kappa shape index (κ3) is 2.39. The van der Waals surface area contributed by atoms with Crippen molar-refractivity contribution in [3.05, 3.63) is 59.5 Å². The summed E-state index contributed by atoms with van der Waals surface area (Å²) in [6, 6.07) is 15.1. The molecule has 4 rings (SSSR count). The first-order chi connectivity index (χ1) is 11.3. The van der Waals surface area contributed by atoms with Crippen molar-refractivity contribution in [2.45, 2.75) is 13.0 Å². The number of halogens is 1. The lowest BCUT2D eigenvalue weighted by Crippen LogP contribution is -2.17. The second-order valence-electron chi connectivity index (χ2n) is 5.87. The van der Waals surface area contributed by atoms with Gasteiger partial charge in [-0.15, -0.1) is 0 Å². The van der Waals surface area contributed by atoms with Gasteiger partial charge in [-0.05, 0) is 40.8 Å². The topological polar surface area (TPSA) is 40.8 Å². The molecule has 0 amide bonds. The molecule has 0 fully saturated rings. The lowest BCUT2D eigenvalue weighted by Gasteiger charge is -2.08. The quantitative estimate of drug-likeness (QED) is 0.748. The van der Waals surface area contributed by atoms with Gasteiger partial charge in [-0.1, -0.05) is 18.2 Å². The maximum atomic E-state index is 13.5. The summed E-state index contributed by atoms with van der Waals surface area (Å²) in [5.41, 5.74) is 4.50. The Hall–Kier alpha value is -2.64. The number of aromatic nitrogens is 1. The van der Waals surface area contributed by atoms with Gasteiger partial charge in [0.25, 0.3) is 0 Å². The number of hydrogen-bond donors (Lipinski definition) is 1. The summed E-state index contributed by atoms with van der Waals surface area (Å²) in [6.45, 7) is 2.93. The molecule has 0 atom stereocenters.